The van der Waals surface area contributed by atoms with Gasteiger partial charge in [0, 0.05) is 7.05 Å². The van der Waals surface area contributed by atoms with E-state index in [0.29, 0.717) is 0 Å². The van der Waals surface area contributed by atoms with Gasteiger partial charge in [0.1, 0.15) is 12.8 Å². The molecule has 2 aromatic rings. The van der Waals surface area contributed by atoms with Crippen molar-refractivity contribution in [1.29, 1.82) is 0 Å². The van der Waals surface area contributed by atoms with Crippen LogP contribution in [0.5, 0.6) is 0 Å². The van der Waals surface area contributed by atoms with Gasteiger partial charge in [0.15, 0.2) is 0 Å². The average molecular weight is 261 g/mol. The Morgan fingerprint density at radius 3 is 2.68 bits per heavy atom. The molecule has 1 aromatic carbocycles. The molecule has 0 amide bonds. The van der Waals surface area contributed by atoms with Crippen LogP contribution in [-0.2, 0) is 18.4 Å². The number of hydrogen-bond donors (Lipinski definition) is 0. The van der Waals surface area contributed by atoms with E-state index in [2.05, 4.69) is 4.98 Å². The Morgan fingerprint density at radius 2 is 2.11 bits per heavy atom. The number of imidazole rings is 1. The highest BCUT2D eigenvalue weighted by molar-refractivity contribution is 5.85. The summed E-state index contributed by atoms with van der Waals surface area (Å²) in [4.78, 5) is 25.2. The predicted octanol–water partition coefficient (Wildman–Crippen LogP) is 1.69. The van der Waals surface area contributed by atoms with Crippen molar-refractivity contribution < 1.29 is 14.5 Å². The summed E-state index contributed by atoms with van der Waals surface area (Å²) in [7, 11) is 1.50. The van der Waals surface area contributed by atoms with Gasteiger partial charge in [0.2, 0.25) is 0 Å². The minimum Gasteiger partial charge on any atom is -0.453 e. The highest BCUT2D eigenvalue weighted by Gasteiger charge is 2.24. The molecule has 0 bridgehead atoms. The summed E-state index contributed by atoms with van der Waals surface area (Å²) < 4.78 is 6.31. The van der Waals surface area contributed by atoms with Crippen LogP contribution in [0, 0.1) is 10.1 Å². The molecule has 0 saturated carbocycles. The minimum absolute atomic E-state index is 0.0948. The van der Waals surface area contributed by atoms with E-state index in [0.717, 1.165) is 5.56 Å². The van der Waals surface area contributed by atoms with Crippen LogP contribution in [-0.4, -0.2) is 20.4 Å². The van der Waals surface area contributed by atoms with Gasteiger partial charge >= 0.3 is 17.6 Å². The van der Waals surface area contributed by atoms with Gasteiger partial charge in [-0.2, -0.15) is 0 Å². The number of aryl methyl sites for hydroxylation is 1. The summed E-state index contributed by atoms with van der Waals surface area (Å²) in [5, 5.41) is 10.5. The molecule has 0 aliphatic carbocycles. The number of carbonyl (C=O) groups excluding carboxylic acids is 1. The second kappa shape index (κ2) is 5.30. The summed E-state index contributed by atoms with van der Waals surface area (Å²) in [5.74, 6) is -1.17. The number of esters is 1. The maximum atomic E-state index is 11.7. The minimum atomic E-state index is -0.695. The topological polar surface area (TPSA) is 87.3 Å². The first-order valence-corrected chi connectivity index (χ1v) is 5.46. The third kappa shape index (κ3) is 2.95. The Morgan fingerprint density at radius 1 is 1.42 bits per heavy atom. The number of ether oxygens (including phenoxy) is 1. The van der Waals surface area contributed by atoms with Crippen molar-refractivity contribution >= 4 is 11.8 Å². The Kier molecular flexibility index (Phi) is 3.56. The van der Waals surface area contributed by atoms with E-state index in [4.69, 9.17) is 4.74 Å². The van der Waals surface area contributed by atoms with Crippen LogP contribution in [0.4, 0.5) is 5.82 Å². The van der Waals surface area contributed by atoms with Crippen molar-refractivity contribution in [2.75, 3.05) is 0 Å². The Hall–Kier alpha value is -2.70. The van der Waals surface area contributed by atoms with Gasteiger partial charge in [-0.15, -0.1) is 0 Å². The van der Waals surface area contributed by atoms with E-state index in [9.17, 15) is 14.9 Å². The predicted molar refractivity (Wildman–Crippen MR) is 65.4 cm³/mol. The van der Waals surface area contributed by atoms with E-state index in [-0.39, 0.29) is 18.2 Å². The Balaban J connectivity index is 2.06. The Bertz CT molecular complexity index is 607. The fourth-order valence-electron chi connectivity index (χ4n) is 1.52. The average Bonchev–Trinajstić information content (AvgIpc) is 2.80. The third-order valence-corrected chi connectivity index (χ3v) is 2.45. The van der Waals surface area contributed by atoms with Gasteiger partial charge in [-0.05, 0) is 15.5 Å². The normalized spacial score (nSPS) is 10.2. The van der Waals surface area contributed by atoms with Crippen LogP contribution >= 0.6 is 0 Å². The van der Waals surface area contributed by atoms with Gasteiger partial charge in [0.05, 0.1) is 0 Å². The zero-order chi connectivity index (χ0) is 13.8. The maximum Gasteiger partial charge on any atom is 0.401 e. The largest absolute Gasteiger partial charge is 0.453 e. The first kappa shape index (κ1) is 12.7. The van der Waals surface area contributed by atoms with Gasteiger partial charge in [-0.25, -0.2) is 4.79 Å². The van der Waals surface area contributed by atoms with Crippen LogP contribution in [0.15, 0.2) is 36.5 Å². The van der Waals surface area contributed by atoms with Gasteiger partial charge in [-0.3, -0.25) is 0 Å². The van der Waals surface area contributed by atoms with Crippen LogP contribution in [0.3, 0.4) is 0 Å². The van der Waals surface area contributed by atoms with E-state index in [1.54, 1.807) is 0 Å². The number of aromatic nitrogens is 2. The second-order valence-electron chi connectivity index (χ2n) is 3.85. The van der Waals surface area contributed by atoms with E-state index >= 15 is 0 Å². The zero-order valence-electron chi connectivity index (χ0n) is 10.1. The quantitative estimate of drug-likeness (QED) is 0.474. The SMILES string of the molecule is Cn1cc([N+](=O)[O-])nc1C(=O)OCc1ccccc1. The van der Waals surface area contributed by atoms with Gasteiger partial charge < -0.3 is 19.4 Å². The molecule has 0 radical (unpaired) electrons. The van der Waals surface area contributed by atoms with Crippen LogP contribution in [0.25, 0.3) is 0 Å². The van der Waals surface area contributed by atoms with Crippen molar-refractivity contribution in [2.45, 2.75) is 6.61 Å². The standard InChI is InChI=1S/C12H11N3O4/c1-14-7-10(15(17)18)13-11(14)12(16)19-8-9-5-3-2-4-6-9/h2-7H,8H2,1H3. The van der Waals surface area contributed by atoms with Crippen LogP contribution in [0.2, 0.25) is 0 Å². The molecule has 7 nitrogen and oxygen atoms in total. The molecule has 0 N–H and O–H groups in total. The van der Waals surface area contributed by atoms with Crippen molar-refractivity contribution in [3.05, 3.63) is 58.0 Å². The molecule has 19 heavy (non-hydrogen) atoms. The van der Waals surface area contributed by atoms with Gasteiger partial charge in [0.25, 0.3) is 0 Å². The molecule has 1 heterocycles. The van der Waals surface area contributed by atoms with Crippen LogP contribution < -0.4 is 0 Å². The van der Waals surface area contributed by atoms with Crippen LogP contribution in [0.1, 0.15) is 16.2 Å². The first-order valence-electron chi connectivity index (χ1n) is 5.46. The smallest absolute Gasteiger partial charge is 0.401 e. The van der Waals surface area contributed by atoms with E-state index in [1.807, 2.05) is 30.3 Å². The molecule has 0 aliphatic heterocycles. The molecular weight excluding hydrogens is 250 g/mol. The molecular formula is C12H11N3O4. The summed E-state index contributed by atoms with van der Waals surface area (Å²) >= 11 is 0. The molecule has 7 heteroatoms. The fourth-order valence-corrected chi connectivity index (χ4v) is 1.52. The number of carbonyl (C=O) groups is 1. The molecule has 98 valence electrons. The monoisotopic (exact) mass is 261 g/mol. The van der Waals surface area contributed by atoms with E-state index in [1.165, 1.54) is 17.8 Å². The third-order valence-electron chi connectivity index (χ3n) is 2.45. The highest BCUT2D eigenvalue weighted by atomic mass is 16.6. The van der Waals surface area contributed by atoms with Crippen molar-refractivity contribution in [1.82, 2.24) is 9.55 Å². The lowest BCUT2D eigenvalue weighted by Gasteiger charge is -2.02. The molecule has 0 aliphatic rings. The van der Waals surface area contributed by atoms with Crippen molar-refractivity contribution in [3.8, 4) is 0 Å². The molecule has 0 saturated heterocycles. The molecule has 0 spiro atoms. The first-order chi connectivity index (χ1) is 9.08. The second-order valence-corrected chi connectivity index (χ2v) is 3.85. The van der Waals surface area contributed by atoms with Gasteiger partial charge in [-0.1, -0.05) is 30.3 Å². The fraction of sp³-hybridized carbons (Fsp3) is 0.167. The lowest BCUT2D eigenvalue weighted by Crippen LogP contribution is -2.11. The number of benzene rings is 1. The maximum absolute atomic E-state index is 11.7. The van der Waals surface area contributed by atoms with Crippen molar-refractivity contribution in [2.24, 2.45) is 7.05 Å². The zero-order valence-corrected chi connectivity index (χ0v) is 10.1. The molecule has 0 atom stereocenters. The Labute approximate surface area is 108 Å². The lowest BCUT2D eigenvalue weighted by atomic mass is 10.2. The molecule has 0 unspecified atom stereocenters. The summed E-state index contributed by atoms with van der Waals surface area (Å²) in [6, 6.07) is 9.14. The molecule has 1 aromatic heterocycles. The number of nitro groups is 1. The van der Waals surface area contributed by atoms with E-state index < -0.39 is 10.9 Å². The number of rotatable bonds is 4. The molecule has 0 fully saturated rings. The van der Waals surface area contributed by atoms with Crippen molar-refractivity contribution in [3.63, 3.8) is 0 Å². The number of nitrogens with zero attached hydrogens (tertiary/aromatic N) is 3. The highest BCUT2D eigenvalue weighted by Crippen LogP contribution is 2.11. The summed E-state index contributed by atoms with van der Waals surface area (Å²) in [6.07, 6.45) is 1.17. The summed E-state index contributed by atoms with van der Waals surface area (Å²) in [5.41, 5.74) is 0.833. The molecule has 2 rings (SSSR count). The summed E-state index contributed by atoms with van der Waals surface area (Å²) in [6.45, 7) is 0.0976. The lowest BCUT2D eigenvalue weighted by molar-refractivity contribution is -0.389. The number of hydrogen-bond acceptors (Lipinski definition) is 5.